The van der Waals surface area contributed by atoms with Crippen molar-refractivity contribution in [2.45, 2.75) is 18.9 Å². The Morgan fingerprint density at radius 2 is 2.09 bits per heavy atom. The quantitative estimate of drug-likeness (QED) is 0.899. The molecular formula is C17H23ClN4O. The average Bonchev–Trinajstić information content (AvgIpc) is 3.16. The molecule has 0 bridgehead atoms. The second kappa shape index (κ2) is 7.62. The fourth-order valence-corrected chi connectivity index (χ4v) is 3.08. The van der Waals surface area contributed by atoms with Crippen LogP contribution < -0.4 is 10.6 Å². The predicted octanol–water partition coefficient (Wildman–Crippen LogP) is 2.02. The molecule has 0 saturated carbocycles. The van der Waals surface area contributed by atoms with E-state index in [1.54, 1.807) is 4.68 Å². The first-order chi connectivity index (χ1) is 10.6. The molecule has 1 unspecified atom stereocenters. The molecule has 2 heterocycles. The Morgan fingerprint density at radius 3 is 2.74 bits per heavy atom. The Labute approximate surface area is 142 Å². The molecule has 1 aliphatic rings. The van der Waals surface area contributed by atoms with Crippen LogP contribution in [0.15, 0.2) is 42.7 Å². The van der Waals surface area contributed by atoms with Gasteiger partial charge in [-0.2, -0.15) is 5.10 Å². The van der Waals surface area contributed by atoms with E-state index in [0.717, 1.165) is 17.7 Å². The van der Waals surface area contributed by atoms with E-state index in [1.165, 1.54) is 0 Å². The average molecular weight is 335 g/mol. The van der Waals surface area contributed by atoms with Crippen LogP contribution >= 0.6 is 12.4 Å². The van der Waals surface area contributed by atoms with E-state index in [4.69, 9.17) is 0 Å². The summed E-state index contributed by atoms with van der Waals surface area (Å²) in [7, 11) is 1.90. The maximum Gasteiger partial charge on any atom is 0.225 e. The SMILES string of the molecule is CC(NC(=O)[C@H]1CNC[C@@H]1c1cnn(C)c1)c1ccccc1.Cl. The lowest BCUT2D eigenvalue weighted by atomic mass is 9.90. The van der Waals surface area contributed by atoms with Crippen LogP contribution in [0.5, 0.6) is 0 Å². The number of carbonyl (C=O) groups excluding carboxylic acids is 1. The summed E-state index contributed by atoms with van der Waals surface area (Å²) in [5.74, 6) is 0.252. The molecule has 1 amide bonds. The minimum absolute atomic E-state index is 0. The van der Waals surface area contributed by atoms with E-state index in [1.807, 2.05) is 56.7 Å². The molecule has 124 valence electrons. The van der Waals surface area contributed by atoms with E-state index >= 15 is 0 Å². The molecule has 5 nitrogen and oxygen atoms in total. The van der Waals surface area contributed by atoms with Gasteiger partial charge in [0.25, 0.3) is 0 Å². The molecule has 2 aromatic rings. The smallest absolute Gasteiger partial charge is 0.225 e. The topological polar surface area (TPSA) is 59.0 Å². The lowest BCUT2D eigenvalue weighted by molar-refractivity contribution is -0.125. The number of benzene rings is 1. The number of hydrogen-bond donors (Lipinski definition) is 2. The minimum Gasteiger partial charge on any atom is -0.349 e. The first kappa shape index (κ1) is 17.5. The van der Waals surface area contributed by atoms with Crippen LogP contribution in [0.1, 0.15) is 30.0 Å². The van der Waals surface area contributed by atoms with Crippen molar-refractivity contribution in [2.24, 2.45) is 13.0 Å². The number of hydrogen-bond acceptors (Lipinski definition) is 3. The standard InChI is InChI=1S/C17H22N4O.ClH/c1-12(13-6-4-3-5-7-13)20-17(22)16-10-18-9-15(16)14-8-19-21(2)11-14;/h3-8,11-12,15-16,18H,9-10H2,1-2H3,(H,20,22);1H/t12?,15-,16+;/m1./s1. The second-order valence-corrected chi connectivity index (χ2v) is 5.96. The minimum atomic E-state index is -0.0460. The van der Waals surface area contributed by atoms with E-state index in [0.29, 0.717) is 6.54 Å². The molecule has 3 rings (SSSR count). The Kier molecular flexibility index (Phi) is 5.80. The summed E-state index contributed by atoms with van der Waals surface area (Å²) in [5, 5.41) is 10.7. The van der Waals surface area contributed by atoms with Crippen LogP contribution in [0.25, 0.3) is 0 Å². The molecule has 0 radical (unpaired) electrons. The van der Waals surface area contributed by atoms with Gasteiger partial charge in [0, 0.05) is 32.3 Å². The molecule has 23 heavy (non-hydrogen) atoms. The molecule has 2 N–H and O–H groups in total. The molecule has 3 atom stereocenters. The van der Waals surface area contributed by atoms with Crippen molar-refractivity contribution in [3.8, 4) is 0 Å². The molecule has 1 saturated heterocycles. The number of amides is 1. The highest BCUT2D eigenvalue weighted by Gasteiger charge is 2.35. The van der Waals surface area contributed by atoms with Gasteiger partial charge in [0.1, 0.15) is 0 Å². The van der Waals surface area contributed by atoms with Crippen molar-refractivity contribution >= 4 is 18.3 Å². The zero-order chi connectivity index (χ0) is 15.5. The van der Waals surface area contributed by atoms with Gasteiger partial charge in [0.05, 0.1) is 18.2 Å². The Bertz CT molecular complexity index is 643. The predicted molar refractivity (Wildman–Crippen MR) is 92.6 cm³/mol. The summed E-state index contributed by atoms with van der Waals surface area (Å²) in [6.45, 7) is 3.56. The van der Waals surface area contributed by atoms with Gasteiger partial charge in [0.15, 0.2) is 0 Å². The Balaban J connectivity index is 0.00000192. The van der Waals surface area contributed by atoms with E-state index in [9.17, 15) is 4.79 Å². The van der Waals surface area contributed by atoms with Gasteiger partial charge in [-0.15, -0.1) is 12.4 Å². The Morgan fingerprint density at radius 1 is 1.35 bits per heavy atom. The van der Waals surface area contributed by atoms with Crippen molar-refractivity contribution in [1.29, 1.82) is 0 Å². The lowest BCUT2D eigenvalue weighted by Crippen LogP contribution is -2.35. The van der Waals surface area contributed by atoms with Gasteiger partial charge in [0.2, 0.25) is 5.91 Å². The summed E-state index contributed by atoms with van der Waals surface area (Å²) in [5.41, 5.74) is 2.25. The van der Waals surface area contributed by atoms with Gasteiger partial charge in [-0.05, 0) is 18.1 Å². The first-order valence-corrected chi connectivity index (χ1v) is 7.69. The lowest BCUT2D eigenvalue weighted by Gasteiger charge is -2.20. The van der Waals surface area contributed by atoms with Crippen LogP contribution in [0, 0.1) is 5.92 Å². The van der Waals surface area contributed by atoms with Crippen LogP contribution in [0.4, 0.5) is 0 Å². The molecule has 0 aliphatic carbocycles. The highest BCUT2D eigenvalue weighted by molar-refractivity contribution is 5.85. The van der Waals surface area contributed by atoms with E-state index < -0.39 is 0 Å². The number of nitrogens with zero attached hydrogens (tertiary/aromatic N) is 2. The monoisotopic (exact) mass is 334 g/mol. The summed E-state index contributed by atoms with van der Waals surface area (Å²) >= 11 is 0. The van der Waals surface area contributed by atoms with Crippen LogP contribution in [0.2, 0.25) is 0 Å². The number of rotatable bonds is 4. The zero-order valence-electron chi connectivity index (χ0n) is 13.4. The molecule has 1 aliphatic heterocycles. The van der Waals surface area contributed by atoms with Crippen molar-refractivity contribution in [1.82, 2.24) is 20.4 Å². The number of nitrogens with one attached hydrogen (secondary N) is 2. The third-order valence-corrected chi connectivity index (χ3v) is 4.36. The summed E-state index contributed by atoms with van der Waals surface area (Å²) in [4.78, 5) is 12.6. The number of aryl methyl sites for hydroxylation is 1. The van der Waals surface area contributed by atoms with Crippen LogP contribution in [0.3, 0.4) is 0 Å². The van der Waals surface area contributed by atoms with Gasteiger partial charge in [-0.25, -0.2) is 0 Å². The highest BCUT2D eigenvalue weighted by Crippen LogP contribution is 2.28. The van der Waals surface area contributed by atoms with E-state index in [-0.39, 0.29) is 36.2 Å². The number of halogens is 1. The molecule has 1 aromatic carbocycles. The third-order valence-electron chi connectivity index (χ3n) is 4.36. The van der Waals surface area contributed by atoms with Crippen molar-refractivity contribution < 1.29 is 4.79 Å². The number of aromatic nitrogens is 2. The molecule has 6 heteroatoms. The van der Waals surface area contributed by atoms with Gasteiger partial charge >= 0.3 is 0 Å². The molecule has 0 spiro atoms. The second-order valence-electron chi connectivity index (χ2n) is 5.96. The van der Waals surface area contributed by atoms with Crippen molar-refractivity contribution in [3.05, 3.63) is 53.9 Å². The first-order valence-electron chi connectivity index (χ1n) is 7.69. The zero-order valence-corrected chi connectivity index (χ0v) is 14.2. The highest BCUT2D eigenvalue weighted by atomic mass is 35.5. The van der Waals surface area contributed by atoms with Crippen molar-refractivity contribution in [3.63, 3.8) is 0 Å². The Hall–Kier alpha value is -1.85. The molecule has 1 aromatic heterocycles. The summed E-state index contributed by atoms with van der Waals surface area (Å²) in [6.07, 6.45) is 3.86. The summed E-state index contributed by atoms with van der Waals surface area (Å²) < 4.78 is 1.79. The fourth-order valence-electron chi connectivity index (χ4n) is 3.08. The third kappa shape index (κ3) is 3.92. The fraction of sp³-hybridized carbons (Fsp3) is 0.412. The maximum absolute atomic E-state index is 12.6. The van der Waals surface area contributed by atoms with E-state index in [2.05, 4.69) is 15.7 Å². The van der Waals surface area contributed by atoms with Gasteiger partial charge in [-0.3, -0.25) is 9.48 Å². The van der Waals surface area contributed by atoms with Crippen LogP contribution in [-0.2, 0) is 11.8 Å². The molecule has 1 fully saturated rings. The normalized spacial score (nSPS) is 21.5. The van der Waals surface area contributed by atoms with Crippen LogP contribution in [-0.4, -0.2) is 28.8 Å². The van der Waals surface area contributed by atoms with Gasteiger partial charge < -0.3 is 10.6 Å². The molecular weight excluding hydrogens is 312 g/mol. The summed E-state index contributed by atoms with van der Waals surface area (Å²) in [6, 6.07) is 10.1. The van der Waals surface area contributed by atoms with Crippen molar-refractivity contribution in [2.75, 3.05) is 13.1 Å². The van der Waals surface area contributed by atoms with Gasteiger partial charge in [-0.1, -0.05) is 30.3 Å². The largest absolute Gasteiger partial charge is 0.349 e. The maximum atomic E-state index is 12.6. The number of carbonyl (C=O) groups is 1.